The van der Waals surface area contributed by atoms with E-state index in [9.17, 15) is 0 Å². The molecular weight excluding hydrogens is 192 g/mol. The summed E-state index contributed by atoms with van der Waals surface area (Å²) in [6.45, 7) is 1.83. The van der Waals surface area contributed by atoms with E-state index in [0.29, 0.717) is 11.6 Å². The Labute approximate surface area is 86.0 Å². The van der Waals surface area contributed by atoms with Crippen LogP contribution < -0.4 is 5.73 Å². The number of nitrogen functional groups attached to an aromatic ring is 1. The predicted octanol–water partition coefficient (Wildman–Crippen LogP) is 0.425. The number of nitrogens with two attached hydrogens (primary N) is 1. The van der Waals surface area contributed by atoms with Gasteiger partial charge in [-0.3, -0.25) is 0 Å². The van der Waals surface area contributed by atoms with Crippen molar-refractivity contribution in [2.45, 2.75) is 6.92 Å². The first-order valence-corrected chi connectivity index (χ1v) is 4.25. The number of nitriles is 1. The highest BCUT2D eigenvalue weighted by Crippen LogP contribution is 2.12. The highest BCUT2D eigenvalue weighted by atomic mass is 15.3. The van der Waals surface area contributed by atoms with Crippen LogP contribution in [0.15, 0.2) is 18.6 Å². The molecular formula is C9H8N6. The summed E-state index contributed by atoms with van der Waals surface area (Å²) in [4.78, 5) is 7.92. The lowest BCUT2D eigenvalue weighted by molar-refractivity contribution is 0.836. The van der Waals surface area contributed by atoms with Gasteiger partial charge in [0.25, 0.3) is 0 Å². The van der Waals surface area contributed by atoms with Crippen molar-refractivity contribution in [2.24, 2.45) is 0 Å². The van der Waals surface area contributed by atoms with Crippen LogP contribution in [0, 0.1) is 18.3 Å². The van der Waals surface area contributed by atoms with Crippen molar-refractivity contribution in [1.82, 2.24) is 19.7 Å². The topological polar surface area (TPSA) is 93.4 Å². The standard InChI is InChI=1S/C9H8N6/c1-6-5-15(14-8(6)11)9-7(4-10)12-2-3-13-9/h2-3,5H,1H3,(H2,11,14). The van der Waals surface area contributed by atoms with Crippen LogP contribution in [0.4, 0.5) is 5.82 Å². The molecule has 15 heavy (non-hydrogen) atoms. The van der Waals surface area contributed by atoms with Crippen molar-refractivity contribution < 1.29 is 0 Å². The Morgan fingerprint density at radius 3 is 2.73 bits per heavy atom. The van der Waals surface area contributed by atoms with Gasteiger partial charge in [-0.25, -0.2) is 14.6 Å². The molecule has 0 spiro atoms. The lowest BCUT2D eigenvalue weighted by atomic mass is 10.4. The molecule has 0 unspecified atom stereocenters. The summed E-state index contributed by atoms with van der Waals surface area (Å²) in [6.07, 6.45) is 4.67. The largest absolute Gasteiger partial charge is 0.382 e. The van der Waals surface area contributed by atoms with Crippen LogP contribution in [-0.4, -0.2) is 19.7 Å². The van der Waals surface area contributed by atoms with Crippen molar-refractivity contribution in [1.29, 1.82) is 5.26 Å². The minimum atomic E-state index is 0.222. The summed E-state index contributed by atoms with van der Waals surface area (Å²) in [5.41, 5.74) is 6.67. The average molecular weight is 200 g/mol. The third kappa shape index (κ3) is 1.50. The van der Waals surface area contributed by atoms with Crippen LogP contribution in [0.2, 0.25) is 0 Å². The van der Waals surface area contributed by atoms with E-state index in [-0.39, 0.29) is 5.69 Å². The molecule has 6 heteroatoms. The van der Waals surface area contributed by atoms with E-state index in [0.717, 1.165) is 5.56 Å². The fraction of sp³-hybridized carbons (Fsp3) is 0.111. The van der Waals surface area contributed by atoms with Gasteiger partial charge in [0.1, 0.15) is 11.9 Å². The molecule has 2 aromatic rings. The Balaban J connectivity index is 2.59. The summed E-state index contributed by atoms with van der Waals surface area (Å²) in [5, 5.41) is 12.9. The molecule has 2 aromatic heterocycles. The number of aryl methyl sites for hydroxylation is 1. The normalized spacial score (nSPS) is 9.87. The Morgan fingerprint density at radius 1 is 1.40 bits per heavy atom. The van der Waals surface area contributed by atoms with Gasteiger partial charge in [0.2, 0.25) is 0 Å². The zero-order valence-corrected chi connectivity index (χ0v) is 8.05. The second-order valence-electron chi connectivity index (χ2n) is 2.98. The molecule has 0 aliphatic rings. The summed E-state index contributed by atoms with van der Waals surface area (Å²) in [5.74, 6) is 0.810. The average Bonchev–Trinajstić information content (AvgIpc) is 2.59. The molecule has 2 N–H and O–H groups in total. The number of hydrogen-bond acceptors (Lipinski definition) is 5. The smallest absolute Gasteiger partial charge is 0.190 e. The minimum Gasteiger partial charge on any atom is -0.382 e. The molecule has 0 saturated carbocycles. The molecule has 0 bridgehead atoms. The summed E-state index contributed by atoms with van der Waals surface area (Å²) in [6, 6.07) is 1.95. The quantitative estimate of drug-likeness (QED) is 0.720. The van der Waals surface area contributed by atoms with E-state index in [4.69, 9.17) is 11.0 Å². The van der Waals surface area contributed by atoms with Gasteiger partial charge in [-0.2, -0.15) is 5.26 Å². The third-order valence-corrected chi connectivity index (χ3v) is 1.94. The summed E-state index contributed by atoms with van der Waals surface area (Å²) in [7, 11) is 0. The van der Waals surface area contributed by atoms with Gasteiger partial charge in [-0.1, -0.05) is 0 Å². The number of aromatic nitrogens is 4. The van der Waals surface area contributed by atoms with E-state index < -0.39 is 0 Å². The lowest BCUT2D eigenvalue weighted by Crippen LogP contribution is -2.03. The third-order valence-electron chi connectivity index (χ3n) is 1.94. The van der Waals surface area contributed by atoms with Crippen LogP contribution in [0.5, 0.6) is 0 Å². The Hall–Kier alpha value is -2.42. The molecule has 0 atom stereocenters. The van der Waals surface area contributed by atoms with Gasteiger partial charge < -0.3 is 5.73 Å². The minimum absolute atomic E-state index is 0.222. The van der Waals surface area contributed by atoms with Gasteiger partial charge in [-0.05, 0) is 6.92 Å². The maximum absolute atomic E-state index is 8.83. The van der Waals surface area contributed by atoms with Crippen molar-refractivity contribution >= 4 is 5.82 Å². The molecule has 0 saturated heterocycles. The van der Waals surface area contributed by atoms with Crippen LogP contribution in [0.1, 0.15) is 11.3 Å². The SMILES string of the molecule is Cc1cn(-c2nccnc2C#N)nc1N. The van der Waals surface area contributed by atoms with Crippen molar-refractivity contribution in [3.05, 3.63) is 29.8 Å². The predicted molar refractivity (Wildman–Crippen MR) is 53.0 cm³/mol. The first-order valence-electron chi connectivity index (χ1n) is 4.25. The molecule has 2 rings (SSSR count). The zero-order valence-electron chi connectivity index (χ0n) is 8.05. The molecule has 0 radical (unpaired) electrons. The molecule has 6 nitrogen and oxygen atoms in total. The van der Waals surface area contributed by atoms with Crippen LogP contribution >= 0.6 is 0 Å². The van der Waals surface area contributed by atoms with Gasteiger partial charge in [0.15, 0.2) is 11.5 Å². The number of rotatable bonds is 1. The maximum atomic E-state index is 8.83. The van der Waals surface area contributed by atoms with E-state index in [2.05, 4.69) is 15.1 Å². The molecule has 74 valence electrons. The van der Waals surface area contributed by atoms with Crippen LogP contribution in [-0.2, 0) is 0 Å². The molecule has 0 aliphatic heterocycles. The van der Waals surface area contributed by atoms with Gasteiger partial charge in [-0.15, -0.1) is 5.10 Å². The fourth-order valence-electron chi connectivity index (χ4n) is 1.16. The molecule has 2 heterocycles. The highest BCUT2D eigenvalue weighted by Gasteiger charge is 2.09. The van der Waals surface area contributed by atoms with E-state index in [1.807, 2.05) is 13.0 Å². The summed E-state index contributed by atoms with van der Waals surface area (Å²) < 4.78 is 1.45. The van der Waals surface area contributed by atoms with Gasteiger partial charge in [0, 0.05) is 24.2 Å². The van der Waals surface area contributed by atoms with E-state index in [1.54, 1.807) is 6.20 Å². The molecule has 0 aromatic carbocycles. The van der Waals surface area contributed by atoms with Crippen molar-refractivity contribution in [3.63, 3.8) is 0 Å². The fourth-order valence-corrected chi connectivity index (χ4v) is 1.16. The second kappa shape index (κ2) is 3.38. The first kappa shape index (κ1) is 9.15. The lowest BCUT2D eigenvalue weighted by Gasteiger charge is -1.99. The van der Waals surface area contributed by atoms with Gasteiger partial charge in [0.05, 0.1) is 0 Å². The molecule has 0 amide bonds. The first-order chi connectivity index (χ1) is 7.22. The Bertz CT molecular complexity index is 516. The highest BCUT2D eigenvalue weighted by molar-refractivity contribution is 5.42. The van der Waals surface area contributed by atoms with Crippen molar-refractivity contribution in [2.75, 3.05) is 5.73 Å². The van der Waals surface area contributed by atoms with E-state index in [1.165, 1.54) is 17.1 Å². The Morgan fingerprint density at radius 2 is 2.13 bits per heavy atom. The van der Waals surface area contributed by atoms with Crippen LogP contribution in [0.3, 0.4) is 0 Å². The second-order valence-corrected chi connectivity index (χ2v) is 2.98. The monoisotopic (exact) mass is 200 g/mol. The zero-order chi connectivity index (χ0) is 10.8. The Kier molecular flexibility index (Phi) is 2.06. The van der Waals surface area contributed by atoms with Crippen molar-refractivity contribution in [3.8, 4) is 11.9 Å². The summed E-state index contributed by atoms with van der Waals surface area (Å²) >= 11 is 0. The number of hydrogen-bond donors (Lipinski definition) is 1. The number of nitrogens with zero attached hydrogens (tertiary/aromatic N) is 5. The van der Waals surface area contributed by atoms with Gasteiger partial charge >= 0.3 is 0 Å². The maximum Gasteiger partial charge on any atom is 0.190 e. The van der Waals surface area contributed by atoms with Crippen LogP contribution in [0.25, 0.3) is 5.82 Å². The number of anilines is 1. The van der Waals surface area contributed by atoms with E-state index >= 15 is 0 Å². The molecule has 0 fully saturated rings. The molecule has 0 aliphatic carbocycles.